The average Bonchev–Trinajstić information content (AvgIpc) is 2.40. The highest BCUT2D eigenvalue weighted by molar-refractivity contribution is 6.33. The van der Waals surface area contributed by atoms with Gasteiger partial charge in [-0.25, -0.2) is 9.59 Å². The molecule has 0 spiro atoms. The van der Waals surface area contributed by atoms with Crippen LogP contribution in [-0.2, 0) is 19.1 Å². The summed E-state index contributed by atoms with van der Waals surface area (Å²) in [4.78, 5) is 22.8. The van der Waals surface area contributed by atoms with Crippen molar-refractivity contribution in [1.29, 1.82) is 0 Å². The molecule has 0 aliphatic heterocycles. The molecule has 0 saturated carbocycles. The van der Waals surface area contributed by atoms with E-state index in [9.17, 15) is 9.59 Å². The molecule has 0 aliphatic carbocycles. The van der Waals surface area contributed by atoms with Crippen molar-refractivity contribution in [2.24, 2.45) is 0 Å². The molecule has 0 aliphatic rings. The van der Waals surface area contributed by atoms with Crippen LogP contribution in [0.5, 0.6) is 0 Å². The number of hydrogen-bond donors (Lipinski definition) is 1. The topological polar surface area (TPSA) is 64.6 Å². The molecule has 5 nitrogen and oxygen atoms in total. The van der Waals surface area contributed by atoms with E-state index in [2.05, 4.69) is 14.8 Å². The molecule has 1 aromatic carbocycles. The van der Waals surface area contributed by atoms with Crippen molar-refractivity contribution >= 4 is 29.2 Å². The van der Waals surface area contributed by atoms with Gasteiger partial charge in [0, 0.05) is 0 Å². The molecular formula is C13H14ClNO4. The molecule has 0 fully saturated rings. The summed E-state index contributed by atoms with van der Waals surface area (Å²) in [5.41, 5.74) is 1.31. The number of rotatable bonds is 4. The van der Waals surface area contributed by atoms with Crippen molar-refractivity contribution < 1.29 is 19.1 Å². The number of halogens is 1. The van der Waals surface area contributed by atoms with Crippen LogP contribution < -0.4 is 5.32 Å². The van der Waals surface area contributed by atoms with E-state index in [1.54, 1.807) is 12.1 Å². The van der Waals surface area contributed by atoms with Crippen LogP contribution in [0.4, 0.5) is 5.69 Å². The molecule has 0 atom stereocenters. The number of hydrogen-bond acceptors (Lipinski definition) is 5. The van der Waals surface area contributed by atoms with Gasteiger partial charge in [0.2, 0.25) is 0 Å². The highest BCUT2D eigenvalue weighted by atomic mass is 35.5. The van der Waals surface area contributed by atoms with Gasteiger partial charge in [0.15, 0.2) is 0 Å². The maximum absolute atomic E-state index is 11.6. The van der Waals surface area contributed by atoms with Crippen LogP contribution in [0.25, 0.3) is 0 Å². The van der Waals surface area contributed by atoms with Gasteiger partial charge in [0.1, 0.15) is 5.70 Å². The van der Waals surface area contributed by atoms with Crippen LogP contribution in [0, 0.1) is 6.92 Å². The number of aryl methyl sites for hydroxylation is 1. The van der Waals surface area contributed by atoms with Crippen molar-refractivity contribution in [3.63, 3.8) is 0 Å². The Morgan fingerprint density at radius 1 is 1.26 bits per heavy atom. The molecule has 0 aromatic heterocycles. The standard InChI is InChI=1S/C13H14ClNO4/c1-8-5-4-6-9(14)12(8)15-10(13(17)19-3)7-11(16)18-2/h4-7,15H,1-3H3/b10-7+. The van der Waals surface area contributed by atoms with Gasteiger partial charge in [0.05, 0.1) is 31.0 Å². The van der Waals surface area contributed by atoms with Crippen molar-refractivity contribution in [3.05, 3.63) is 40.6 Å². The van der Waals surface area contributed by atoms with Crippen molar-refractivity contribution in [1.82, 2.24) is 0 Å². The van der Waals surface area contributed by atoms with Gasteiger partial charge < -0.3 is 14.8 Å². The Labute approximate surface area is 116 Å². The predicted octanol–water partition coefficient (Wildman–Crippen LogP) is 2.29. The van der Waals surface area contributed by atoms with Crippen LogP contribution >= 0.6 is 11.6 Å². The lowest BCUT2D eigenvalue weighted by atomic mass is 10.2. The number of methoxy groups -OCH3 is 2. The minimum atomic E-state index is -0.690. The number of carbonyl (C=O) groups is 2. The van der Waals surface area contributed by atoms with E-state index in [-0.39, 0.29) is 5.70 Å². The van der Waals surface area contributed by atoms with Gasteiger partial charge in [0.25, 0.3) is 0 Å². The first-order valence-corrected chi connectivity index (χ1v) is 5.77. The lowest BCUT2D eigenvalue weighted by molar-refractivity contribution is -0.138. The van der Waals surface area contributed by atoms with Gasteiger partial charge in [-0.3, -0.25) is 0 Å². The average molecular weight is 284 g/mol. The smallest absolute Gasteiger partial charge is 0.354 e. The fraction of sp³-hybridized carbons (Fsp3) is 0.231. The summed E-state index contributed by atoms with van der Waals surface area (Å²) in [5, 5.41) is 3.22. The Balaban J connectivity index is 3.11. The summed E-state index contributed by atoms with van der Waals surface area (Å²) < 4.78 is 9.07. The Morgan fingerprint density at radius 2 is 1.95 bits per heavy atom. The van der Waals surface area contributed by atoms with Gasteiger partial charge in [-0.1, -0.05) is 23.7 Å². The van der Waals surface area contributed by atoms with E-state index in [0.29, 0.717) is 10.7 Å². The zero-order chi connectivity index (χ0) is 14.4. The highest BCUT2D eigenvalue weighted by Gasteiger charge is 2.15. The molecule has 19 heavy (non-hydrogen) atoms. The number of ether oxygens (including phenoxy) is 2. The van der Waals surface area contributed by atoms with Gasteiger partial charge >= 0.3 is 11.9 Å². The largest absolute Gasteiger partial charge is 0.466 e. The number of esters is 2. The summed E-state index contributed by atoms with van der Waals surface area (Å²) in [7, 11) is 2.43. The quantitative estimate of drug-likeness (QED) is 0.678. The van der Waals surface area contributed by atoms with Gasteiger partial charge in [-0.15, -0.1) is 0 Å². The molecule has 6 heteroatoms. The first-order chi connectivity index (χ1) is 8.99. The first-order valence-electron chi connectivity index (χ1n) is 5.39. The molecule has 1 aromatic rings. The Morgan fingerprint density at radius 3 is 2.47 bits per heavy atom. The van der Waals surface area contributed by atoms with E-state index in [1.807, 2.05) is 13.0 Å². The number of carbonyl (C=O) groups excluding carboxylic acids is 2. The van der Waals surface area contributed by atoms with E-state index in [1.165, 1.54) is 14.2 Å². The molecule has 0 radical (unpaired) electrons. The SMILES string of the molecule is COC(=O)/C=C(/Nc1c(C)cccc1Cl)C(=O)OC. The third-order valence-corrected chi connectivity index (χ3v) is 2.67. The predicted molar refractivity (Wildman–Crippen MR) is 71.9 cm³/mol. The van der Waals surface area contributed by atoms with E-state index < -0.39 is 11.9 Å². The van der Waals surface area contributed by atoms with Crippen molar-refractivity contribution in [2.75, 3.05) is 19.5 Å². The summed E-state index contributed by atoms with van der Waals surface area (Å²) in [6.45, 7) is 1.82. The third kappa shape index (κ3) is 3.99. The van der Waals surface area contributed by atoms with Crippen LogP contribution in [0.15, 0.2) is 30.0 Å². The fourth-order valence-corrected chi connectivity index (χ4v) is 1.63. The van der Waals surface area contributed by atoms with E-state index in [0.717, 1.165) is 11.6 Å². The monoisotopic (exact) mass is 283 g/mol. The summed E-state index contributed by atoms with van der Waals surface area (Å²) in [6, 6.07) is 5.27. The van der Waals surface area contributed by atoms with E-state index >= 15 is 0 Å². The number of benzene rings is 1. The fourth-order valence-electron chi connectivity index (χ4n) is 1.36. The minimum Gasteiger partial charge on any atom is -0.466 e. The minimum absolute atomic E-state index is 0.0504. The number of nitrogens with one attached hydrogen (secondary N) is 1. The van der Waals surface area contributed by atoms with Gasteiger partial charge in [-0.05, 0) is 18.6 Å². The second kappa shape index (κ2) is 6.80. The van der Waals surface area contributed by atoms with Crippen LogP contribution in [0.3, 0.4) is 0 Å². The number of para-hydroxylation sites is 1. The maximum atomic E-state index is 11.6. The summed E-state index contributed by atoms with van der Waals surface area (Å²) in [6.07, 6.45) is 1.01. The molecule has 0 heterocycles. The lowest BCUT2D eigenvalue weighted by Crippen LogP contribution is -2.16. The normalized spacial score (nSPS) is 10.8. The zero-order valence-corrected chi connectivity index (χ0v) is 11.6. The number of anilines is 1. The molecule has 0 bridgehead atoms. The third-order valence-electron chi connectivity index (χ3n) is 2.35. The molecule has 0 saturated heterocycles. The Hall–Kier alpha value is -2.01. The van der Waals surface area contributed by atoms with Crippen LogP contribution in [0.1, 0.15) is 5.56 Å². The molecular weight excluding hydrogens is 270 g/mol. The second-order valence-corrected chi connectivity index (χ2v) is 4.04. The maximum Gasteiger partial charge on any atom is 0.354 e. The molecule has 0 unspecified atom stereocenters. The summed E-state index contributed by atoms with van der Waals surface area (Å²) >= 11 is 6.03. The van der Waals surface area contributed by atoms with Crippen LogP contribution in [-0.4, -0.2) is 26.2 Å². The summed E-state index contributed by atoms with van der Waals surface area (Å²) in [5.74, 6) is -1.36. The molecule has 102 valence electrons. The Kier molecular flexibility index (Phi) is 5.38. The van der Waals surface area contributed by atoms with Crippen molar-refractivity contribution in [2.45, 2.75) is 6.92 Å². The molecule has 0 amide bonds. The highest BCUT2D eigenvalue weighted by Crippen LogP contribution is 2.26. The molecule has 1 rings (SSSR count). The van der Waals surface area contributed by atoms with Crippen molar-refractivity contribution in [3.8, 4) is 0 Å². The van der Waals surface area contributed by atoms with E-state index in [4.69, 9.17) is 11.6 Å². The first kappa shape index (κ1) is 15.0. The van der Waals surface area contributed by atoms with Gasteiger partial charge in [-0.2, -0.15) is 0 Å². The lowest BCUT2D eigenvalue weighted by Gasteiger charge is -2.12. The second-order valence-electron chi connectivity index (χ2n) is 3.63. The van der Waals surface area contributed by atoms with Crippen LogP contribution in [0.2, 0.25) is 5.02 Å². The Bertz CT molecular complexity index is 505. The zero-order valence-electron chi connectivity index (χ0n) is 10.8. The molecule has 1 N–H and O–H groups in total.